The Bertz CT molecular complexity index is 379. The van der Waals surface area contributed by atoms with Gasteiger partial charge in [0.1, 0.15) is 5.78 Å². The molecule has 0 aliphatic rings. The first kappa shape index (κ1) is 13.2. The summed E-state index contributed by atoms with van der Waals surface area (Å²) in [5.41, 5.74) is 3.11. The molecule has 1 heterocycles. The molecule has 0 radical (unpaired) electrons. The van der Waals surface area contributed by atoms with Crippen molar-refractivity contribution in [2.75, 3.05) is 5.75 Å². The zero-order chi connectivity index (χ0) is 12.3. The minimum Gasteiger partial charge on any atom is -0.298 e. The number of ketones is 1. The Hall–Kier alpha value is -0.900. The molecule has 3 nitrogen and oxygen atoms in total. The van der Waals surface area contributed by atoms with E-state index in [2.05, 4.69) is 9.97 Å². The van der Waals surface area contributed by atoms with E-state index < -0.39 is 0 Å². The Balaban J connectivity index is 2.72. The van der Waals surface area contributed by atoms with Gasteiger partial charge < -0.3 is 0 Å². The molecule has 0 saturated heterocycles. The fraction of sp³-hybridized carbons (Fsp3) is 0.583. The minimum absolute atomic E-state index is 0.0835. The number of hydrogen-bond acceptors (Lipinski definition) is 4. The van der Waals surface area contributed by atoms with Gasteiger partial charge in [-0.05, 0) is 26.3 Å². The molecule has 88 valence electrons. The van der Waals surface area contributed by atoms with Crippen LogP contribution in [0.3, 0.4) is 0 Å². The molecule has 4 heteroatoms. The van der Waals surface area contributed by atoms with E-state index in [0.29, 0.717) is 10.9 Å². The van der Waals surface area contributed by atoms with Crippen LogP contribution >= 0.6 is 11.8 Å². The highest BCUT2D eigenvalue weighted by Crippen LogP contribution is 2.18. The molecule has 0 aliphatic heterocycles. The monoisotopic (exact) mass is 238 g/mol. The lowest BCUT2D eigenvalue weighted by molar-refractivity contribution is -0.119. The number of hydrogen-bond donors (Lipinski definition) is 0. The van der Waals surface area contributed by atoms with Crippen LogP contribution in [-0.4, -0.2) is 21.5 Å². The molecule has 1 aromatic rings. The topological polar surface area (TPSA) is 42.9 Å². The first-order valence-corrected chi connectivity index (χ1v) is 6.37. The zero-order valence-corrected chi connectivity index (χ0v) is 11.3. The first-order chi connectivity index (χ1) is 7.41. The number of aryl methyl sites for hydroxylation is 2. The third-order valence-electron chi connectivity index (χ3n) is 2.60. The smallest absolute Gasteiger partial charge is 0.188 e. The van der Waals surface area contributed by atoms with Gasteiger partial charge in [0.25, 0.3) is 0 Å². The van der Waals surface area contributed by atoms with E-state index in [1.807, 2.05) is 34.6 Å². The Morgan fingerprint density at radius 2 is 1.69 bits per heavy atom. The molecule has 0 aliphatic carbocycles. The maximum atomic E-state index is 11.5. The number of carbonyl (C=O) groups excluding carboxylic acids is 1. The van der Waals surface area contributed by atoms with Crippen molar-refractivity contribution in [2.24, 2.45) is 5.92 Å². The highest BCUT2D eigenvalue weighted by molar-refractivity contribution is 7.99. The lowest BCUT2D eigenvalue weighted by atomic mass is 10.1. The van der Waals surface area contributed by atoms with Gasteiger partial charge in [-0.25, -0.2) is 9.97 Å². The largest absolute Gasteiger partial charge is 0.298 e. The van der Waals surface area contributed by atoms with Crippen LogP contribution in [0.5, 0.6) is 0 Å². The van der Waals surface area contributed by atoms with Crippen molar-refractivity contribution >= 4 is 17.5 Å². The van der Waals surface area contributed by atoms with Crippen molar-refractivity contribution in [1.29, 1.82) is 0 Å². The van der Waals surface area contributed by atoms with Crippen LogP contribution in [0.25, 0.3) is 0 Å². The second kappa shape index (κ2) is 5.43. The van der Waals surface area contributed by atoms with Crippen LogP contribution in [0.1, 0.15) is 30.8 Å². The Labute approximate surface area is 101 Å². The maximum Gasteiger partial charge on any atom is 0.188 e. The van der Waals surface area contributed by atoms with E-state index in [1.165, 1.54) is 11.8 Å². The highest BCUT2D eigenvalue weighted by atomic mass is 32.2. The van der Waals surface area contributed by atoms with Crippen LogP contribution in [0.2, 0.25) is 0 Å². The van der Waals surface area contributed by atoms with Crippen molar-refractivity contribution < 1.29 is 4.79 Å². The van der Waals surface area contributed by atoms with Crippen molar-refractivity contribution in [3.05, 3.63) is 17.0 Å². The minimum atomic E-state index is 0.0835. The van der Waals surface area contributed by atoms with Crippen molar-refractivity contribution in [3.8, 4) is 0 Å². The first-order valence-electron chi connectivity index (χ1n) is 5.39. The van der Waals surface area contributed by atoms with E-state index in [4.69, 9.17) is 0 Å². The highest BCUT2D eigenvalue weighted by Gasteiger charge is 2.10. The molecule has 1 aromatic heterocycles. The van der Waals surface area contributed by atoms with Gasteiger partial charge in [0.2, 0.25) is 0 Å². The fourth-order valence-electron chi connectivity index (χ4n) is 1.11. The molecule has 0 atom stereocenters. The number of carbonyl (C=O) groups is 1. The average Bonchev–Trinajstić information content (AvgIpc) is 2.22. The standard InChI is InChI=1S/C12H18N2OS/c1-7(2)11(15)6-16-12-13-9(4)8(3)10(5)14-12/h7H,6H2,1-5H3. The number of thioether (sulfide) groups is 1. The van der Waals surface area contributed by atoms with Gasteiger partial charge in [0, 0.05) is 17.3 Å². The predicted octanol–water partition coefficient (Wildman–Crippen LogP) is 2.72. The number of aromatic nitrogens is 2. The van der Waals surface area contributed by atoms with Gasteiger partial charge in [0.15, 0.2) is 5.16 Å². The Morgan fingerprint density at radius 1 is 1.19 bits per heavy atom. The summed E-state index contributed by atoms with van der Waals surface area (Å²) in [4.78, 5) is 20.2. The zero-order valence-electron chi connectivity index (χ0n) is 10.5. The molecular formula is C12H18N2OS. The predicted molar refractivity (Wildman–Crippen MR) is 66.8 cm³/mol. The number of Topliss-reactive ketones (excluding diaryl/α,β-unsaturated/α-hetero) is 1. The Morgan fingerprint density at radius 3 is 2.12 bits per heavy atom. The maximum absolute atomic E-state index is 11.5. The summed E-state index contributed by atoms with van der Waals surface area (Å²) in [6, 6.07) is 0. The van der Waals surface area contributed by atoms with Gasteiger partial charge >= 0.3 is 0 Å². The van der Waals surface area contributed by atoms with Crippen LogP contribution in [-0.2, 0) is 4.79 Å². The van der Waals surface area contributed by atoms with E-state index in [9.17, 15) is 4.79 Å². The van der Waals surface area contributed by atoms with E-state index >= 15 is 0 Å². The molecule has 0 aromatic carbocycles. The van der Waals surface area contributed by atoms with Crippen molar-refractivity contribution in [1.82, 2.24) is 9.97 Å². The lowest BCUT2D eigenvalue weighted by Crippen LogP contribution is -2.10. The van der Waals surface area contributed by atoms with Gasteiger partial charge in [-0.15, -0.1) is 0 Å². The van der Waals surface area contributed by atoms with E-state index in [0.717, 1.165) is 17.0 Å². The quantitative estimate of drug-likeness (QED) is 0.597. The van der Waals surface area contributed by atoms with Gasteiger partial charge in [-0.1, -0.05) is 25.6 Å². The summed E-state index contributed by atoms with van der Waals surface area (Å²) >= 11 is 1.42. The third-order valence-corrected chi connectivity index (χ3v) is 3.47. The van der Waals surface area contributed by atoms with Crippen LogP contribution in [0.15, 0.2) is 5.16 Å². The van der Waals surface area contributed by atoms with E-state index in [1.54, 1.807) is 0 Å². The van der Waals surface area contributed by atoms with Gasteiger partial charge in [-0.3, -0.25) is 4.79 Å². The lowest BCUT2D eigenvalue weighted by Gasteiger charge is -2.07. The van der Waals surface area contributed by atoms with E-state index in [-0.39, 0.29) is 11.7 Å². The fourth-order valence-corrected chi connectivity index (χ4v) is 2.12. The molecule has 16 heavy (non-hydrogen) atoms. The second-order valence-corrected chi connectivity index (χ2v) is 5.15. The summed E-state index contributed by atoms with van der Waals surface area (Å²) in [6.07, 6.45) is 0. The third kappa shape index (κ3) is 3.30. The summed E-state index contributed by atoms with van der Waals surface area (Å²) in [6.45, 7) is 9.78. The molecule has 0 amide bonds. The summed E-state index contributed by atoms with van der Waals surface area (Å²) < 4.78 is 0. The summed E-state index contributed by atoms with van der Waals surface area (Å²) in [5, 5.41) is 0.703. The van der Waals surface area contributed by atoms with Crippen molar-refractivity contribution in [2.45, 2.75) is 39.8 Å². The molecule has 0 saturated carbocycles. The summed E-state index contributed by atoms with van der Waals surface area (Å²) in [7, 11) is 0. The number of nitrogens with zero attached hydrogens (tertiary/aromatic N) is 2. The van der Waals surface area contributed by atoms with Crippen molar-refractivity contribution in [3.63, 3.8) is 0 Å². The molecule has 0 bridgehead atoms. The summed E-state index contributed by atoms with van der Waals surface area (Å²) in [5.74, 6) is 0.782. The molecule has 0 fully saturated rings. The average molecular weight is 238 g/mol. The Kier molecular flexibility index (Phi) is 4.47. The van der Waals surface area contributed by atoms with Crippen LogP contribution in [0.4, 0.5) is 0 Å². The number of rotatable bonds is 4. The molecule has 1 rings (SSSR count). The second-order valence-electron chi connectivity index (χ2n) is 4.21. The molecular weight excluding hydrogens is 220 g/mol. The SMILES string of the molecule is Cc1nc(SCC(=O)C(C)C)nc(C)c1C. The van der Waals surface area contributed by atoms with Gasteiger partial charge in [-0.2, -0.15) is 0 Å². The van der Waals surface area contributed by atoms with Crippen LogP contribution in [0, 0.1) is 26.7 Å². The molecule has 0 unspecified atom stereocenters. The molecule has 0 spiro atoms. The molecule has 0 N–H and O–H groups in total. The normalized spacial score (nSPS) is 10.9. The van der Waals surface area contributed by atoms with Gasteiger partial charge in [0.05, 0.1) is 5.75 Å². The van der Waals surface area contributed by atoms with Crippen LogP contribution < -0.4 is 0 Å².